The van der Waals surface area contributed by atoms with Gasteiger partial charge in [0.15, 0.2) is 6.07 Å². The van der Waals surface area contributed by atoms with Gasteiger partial charge in [0.05, 0.1) is 6.26 Å². The van der Waals surface area contributed by atoms with Crippen molar-refractivity contribution in [2.75, 3.05) is 6.07 Å². The van der Waals surface area contributed by atoms with Gasteiger partial charge in [-0.3, -0.25) is 0 Å². The third kappa shape index (κ3) is 1.17. The maximum absolute atomic E-state index is 5.21. The Morgan fingerprint density at radius 3 is 3.12 bits per heavy atom. The first-order chi connectivity index (χ1) is 3.93. The van der Waals surface area contributed by atoms with Crippen LogP contribution >= 0.6 is 11.6 Å². The molecule has 44 valence electrons. The second-order valence-corrected chi connectivity index (χ2v) is 1.40. The number of furan rings is 1. The summed E-state index contributed by atoms with van der Waals surface area (Å²) in [6.45, 7) is 0. The van der Waals surface area contributed by atoms with Crippen LogP contribution in [0.15, 0.2) is 22.8 Å². The van der Waals surface area contributed by atoms with Gasteiger partial charge in [-0.25, -0.2) is 0 Å². The van der Waals surface area contributed by atoms with Gasteiger partial charge < -0.3 is 9.15 Å². The Labute approximate surface area is 52.0 Å². The van der Waals surface area contributed by atoms with Crippen LogP contribution in [0, 0.1) is 0 Å². The van der Waals surface area contributed by atoms with Crippen molar-refractivity contribution in [3.05, 3.63) is 18.4 Å². The highest BCUT2D eigenvalue weighted by molar-refractivity contribution is 6.17. The molecule has 0 radical (unpaired) electrons. The van der Waals surface area contributed by atoms with Crippen LogP contribution in [0.5, 0.6) is 5.95 Å². The summed E-state index contributed by atoms with van der Waals surface area (Å²) in [5.41, 5.74) is 0. The topological polar surface area (TPSA) is 22.4 Å². The van der Waals surface area contributed by atoms with Gasteiger partial charge in [0, 0.05) is 6.07 Å². The third-order valence-electron chi connectivity index (χ3n) is 0.692. The van der Waals surface area contributed by atoms with Crippen molar-refractivity contribution in [1.29, 1.82) is 0 Å². The first kappa shape index (κ1) is 5.51. The number of rotatable bonds is 2. The van der Waals surface area contributed by atoms with E-state index in [-0.39, 0.29) is 6.07 Å². The molecule has 0 aliphatic heterocycles. The number of hydrogen-bond donors (Lipinski definition) is 0. The Morgan fingerprint density at radius 1 is 1.75 bits per heavy atom. The Hall–Kier alpha value is -0.630. The normalized spacial score (nSPS) is 9.12. The highest BCUT2D eigenvalue weighted by atomic mass is 35.5. The van der Waals surface area contributed by atoms with E-state index in [1.807, 2.05) is 0 Å². The minimum atomic E-state index is 0.132. The van der Waals surface area contributed by atoms with E-state index < -0.39 is 0 Å². The third-order valence-corrected chi connectivity index (χ3v) is 0.801. The highest BCUT2D eigenvalue weighted by Crippen LogP contribution is 2.09. The molecule has 0 bridgehead atoms. The summed E-state index contributed by atoms with van der Waals surface area (Å²) in [6, 6.07) is 3.57. The molecular weight excluding hydrogens is 128 g/mol. The van der Waals surface area contributed by atoms with Gasteiger partial charge in [-0.2, -0.15) is 0 Å². The average Bonchev–Trinajstić information content (AvgIpc) is 2.19. The van der Waals surface area contributed by atoms with E-state index in [2.05, 4.69) is 0 Å². The fourth-order valence-corrected chi connectivity index (χ4v) is 0.507. The maximum atomic E-state index is 5.21. The Balaban J connectivity index is 2.50. The van der Waals surface area contributed by atoms with E-state index in [1.165, 1.54) is 6.26 Å². The van der Waals surface area contributed by atoms with Crippen molar-refractivity contribution >= 4 is 11.6 Å². The van der Waals surface area contributed by atoms with Crippen molar-refractivity contribution in [1.82, 2.24) is 0 Å². The molecule has 0 saturated carbocycles. The van der Waals surface area contributed by atoms with Crippen LogP contribution in [0.25, 0.3) is 0 Å². The van der Waals surface area contributed by atoms with E-state index >= 15 is 0 Å². The van der Waals surface area contributed by atoms with E-state index in [0.29, 0.717) is 5.95 Å². The van der Waals surface area contributed by atoms with Crippen molar-refractivity contribution < 1.29 is 9.15 Å². The Bertz CT molecular complexity index is 136. The SMILES string of the molecule is ClCOc1ccco1. The monoisotopic (exact) mass is 132 g/mol. The number of alkyl halides is 1. The van der Waals surface area contributed by atoms with Gasteiger partial charge in [0.1, 0.15) is 0 Å². The quantitative estimate of drug-likeness (QED) is 0.573. The lowest BCUT2D eigenvalue weighted by Gasteiger charge is -1.90. The van der Waals surface area contributed by atoms with Gasteiger partial charge in [0.2, 0.25) is 0 Å². The van der Waals surface area contributed by atoms with Crippen molar-refractivity contribution in [3.63, 3.8) is 0 Å². The second-order valence-electron chi connectivity index (χ2n) is 1.19. The molecule has 0 aromatic carbocycles. The van der Waals surface area contributed by atoms with Crippen LogP contribution in [0.1, 0.15) is 0 Å². The molecule has 3 heteroatoms. The average molecular weight is 133 g/mol. The molecule has 0 amide bonds. The second kappa shape index (κ2) is 2.62. The molecular formula is C5H5ClO2. The smallest absolute Gasteiger partial charge is 0.285 e. The summed E-state index contributed by atoms with van der Waals surface area (Å²) in [6.07, 6.45) is 1.53. The molecule has 0 aliphatic carbocycles. The first-order valence-corrected chi connectivity index (χ1v) is 2.69. The molecule has 0 saturated heterocycles. The lowest BCUT2D eigenvalue weighted by Crippen LogP contribution is -1.84. The number of ether oxygens (including phenoxy) is 1. The molecule has 1 rings (SSSR count). The summed E-state index contributed by atoms with van der Waals surface area (Å²) >= 11 is 5.21. The lowest BCUT2D eigenvalue weighted by molar-refractivity contribution is 0.288. The van der Waals surface area contributed by atoms with Crippen LogP contribution in [-0.2, 0) is 0 Å². The Kier molecular flexibility index (Phi) is 1.80. The van der Waals surface area contributed by atoms with Gasteiger partial charge in [-0.05, 0) is 6.07 Å². The fraction of sp³-hybridized carbons (Fsp3) is 0.200. The number of halogens is 1. The molecule has 1 heterocycles. The van der Waals surface area contributed by atoms with Crippen LogP contribution in [-0.4, -0.2) is 6.07 Å². The van der Waals surface area contributed by atoms with Gasteiger partial charge in [-0.1, -0.05) is 11.6 Å². The summed E-state index contributed by atoms with van der Waals surface area (Å²) in [4.78, 5) is 0. The molecule has 0 aliphatic rings. The zero-order valence-electron chi connectivity index (χ0n) is 4.13. The van der Waals surface area contributed by atoms with Gasteiger partial charge in [0.25, 0.3) is 5.95 Å². The van der Waals surface area contributed by atoms with Gasteiger partial charge >= 0.3 is 0 Å². The van der Waals surface area contributed by atoms with Crippen molar-refractivity contribution in [2.45, 2.75) is 0 Å². The molecule has 0 atom stereocenters. The summed E-state index contributed by atoms with van der Waals surface area (Å²) < 4.78 is 9.51. The first-order valence-electron chi connectivity index (χ1n) is 2.16. The molecule has 0 fully saturated rings. The number of hydrogen-bond acceptors (Lipinski definition) is 2. The predicted molar refractivity (Wildman–Crippen MR) is 30.1 cm³/mol. The van der Waals surface area contributed by atoms with Crippen LogP contribution in [0.4, 0.5) is 0 Å². The zero-order valence-corrected chi connectivity index (χ0v) is 4.89. The van der Waals surface area contributed by atoms with Crippen molar-refractivity contribution in [3.8, 4) is 5.95 Å². The van der Waals surface area contributed by atoms with Crippen LogP contribution in [0.2, 0.25) is 0 Å². The molecule has 1 aromatic rings. The zero-order chi connectivity index (χ0) is 5.82. The fourth-order valence-electron chi connectivity index (χ4n) is 0.399. The minimum absolute atomic E-state index is 0.132. The maximum Gasteiger partial charge on any atom is 0.285 e. The van der Waals surface area contributed by atoms with Crippen LogP contribution < -0.4 is 4.74 Å². The molecule has 8 heavy (non-hydrogen) atoms. The van der Waals surface area contributed by atoms with E-state index in [0.717, 1.165) is 0 Å². The summed E-state index contributed by atoms with van der Waals surface area (Å²) in [5.74, 6) is 0.458. The van der Waals surface area contributed by atoms with E-state index in [1.54, 1.807) is 12.1 Å². The highest BCUT2D eigenvalue weighted by Gasteiger charge is 1.89. The summed E-state index contributed by atoms with van der Waals surface area (Å²) in [7, 11) is 0. The van der Waals surface area contributed by atoms with Gasteiger partial charge in [-0.15, -0.1) is 0 Å². The van der Waals surface area contributed by atoms with E-state index in [4.69, 9.17) is 20.8 Å². The van der Waals surface area contributed by atoms with Crippen molar-refractivity contribution in [2.24, 2.45) is 0 Å². The van der Waals surface area contributed by atoms with Crippen LogP contribution in [0.3, 0.4) is 0 Å². The molecule has 1 aromatic heterocycles. The van der Waals surface area contributed by atoms with E-state index in [9.17, 15) is 0 Å². The Morgan fingerprint density at radius 2 is 2.62 bits per heavy atom. The summed E-state index contributed by atoms with van der Waals surface area (Å²) in [5, 5.41) is 0. The standard InChI is InChI=1S/C5H5ClO2/c6-4-8-5-2-1-3-7-5/h1-3H,4H2. The molecule has 2 nitrogen and oxygen atoms in total. The largest absolute Gasteiger partial charge is 0.449 e. The molecule has 0 spiro atoms. The predicted octanol–water partition coefficient (Wildman–Crippen LogP) is 1.85. The molecule has 0 N–H and O–H groups in total. The molecule has 0 unspecified atom stereocenters. The minimum Gasteiger partial charge on any atom is -0.449 e. The lowest BCUT2D eigenvalue weighted by atomic mass is 10.7.